The van der Waals surface area contributed by atoms with Crippen LogP contribution in [-0.2, 0) is 16.2 Å². The molecule has 1 N–H and O–H groups in total. The van der Waals surface area contributed by atoms with Gasteiger partial charge in [-0.1, -0.05) is 30.3 Å². The number of hydrogen-bond acceptors (Lipinski definition) is 3. The van der Waals surface area contributed by atoms with Crippen LogP contribution in [0.1, 0.15) is 5.56 Å². The molecule has 1 aliphatic rings. The van der Waals surface area contributed by atoms with Crippen LogP contribution >= 0.6 is 0 Å². The normalized spacial score (nSPS) is 16.3. The molecule has 0 saturated carbocycles. The van der Waals surface area contributed by atoms with E-state index in [1.165, 1.54) is 10.4 Å². The Morgan fingerprint density at radius 1 is 0.862 bits per heavy atom. The van der Waals surface area contributed by atoms with Gasteiger partial charge in [0.1, 0.15) is 6.20 Å². The Labute approximate surface area is 166 Å². The van der Waals surface area contributed by atoms with E-state index in [0.29, 0.717) is 18.9 Å². The van der Waals surface area contributed by atoms with E-state index in [1.54, 1.807) is 18.2 Å². The van der Waals surface area contributed by atoms with Gasteiger partial charge in [-0.3, -0.25) is 4.90 Å². The number of nitrogens with one attached hydrogen (secondary N) is 1. The molecule has 1 aliphatic heterocycles. The third kappa shape index (κ3) is 3.92. The molecule has 0 amide bonds. The maximum absolute atomic E-state index is 13.0. The predicted octanol–water partition coefficient (Wildman–Crippen LogP) is 3.18. The number of hydrogen-bond donors (Lipinski definition) is 0. The lowest BCUT2D eigenvalue weighted by molar-refractivity contribution is -0.367. The molecule has 0 unspecified atom stereocenters. The lowest BCUT2D eigenvalue weighted by Crippen LogP contribution is -2.49. The molecule has 152 valence electrons. The van der Waals surface area contributed by atoms with Crippen LogP contribution < -0.4 is 9.88 Å². The second-order valence-corrected chi connectivity index (χ2v) is 8.80. The Balaban J connectivity index is 1.48. The van der Waals surface area contributed by atoms with Crippen LogP contribution in [0.4, 0.5) is 19.0 Å². The van der Waals surface area contributed by atoms with Crippen LogP contribution in [0, 0.1) is 0 Å². The molecule has 0 spiro atoms. The first-order valence-electron chi connectivity index (χ1n) is 9.08. The Morgan fingerprint density at radius 3 is 2.17 bits per heavy atom. The Bertz CT molecular complexity index is 1120. The highest BCUT2D eigenvalue weighted by Crippen LogP contribution is 2.29. The minimum atomic E-state index is -4.40. The number of anilines is 1. The van der Waals surface area contributed by atoms with Crippen molar-refractivity contribution in [1.82, 2.24) is 4.31 Å². The van der Waals surface area contributed by atoms with Crippen LogP contribution in [-0.4, -0.2) is 38.9 Å². The van der Waals surface area contributed by atoms with Crippen LogP contribution in [0.15, 0.2) is 65.7 Å². The molecule has 1 saturated heterocycles. The van der Waals surface area contributed by atoms with Crippen LogP contribution in [0.5, 0.6) is 0 Å². The molecular formula is C20H19F3N3O2S+. The van der Waals surface area contributed by atoms with Crippen molar-refractivity contribution in [2.45, 2.75) is 11.1 Å². The molecule has 5 nitrogen and oxygen atoms in total. The smallest absolute Gasteiger partial charge is 0.259 e. The first-order valence-corrected chi connectivity index (χ1v) is 10.5. The highest BCUT2D eigenvalue weighted by Gasteiger charge is 2.34. The number of benzene rings is 2. The number of fused-ring (bicyclic) bond motifs is 1. The minimum Gasteiger partial charge on any atom is -0.259 e. The van der Waals surface area contributed by atoms with E-state index in [1.807, 2.05) is 29.2 Å². The van der Waals surface area contributed by atoms with Gasteiger partial charge in [-0.15, -0.1) is 0 Å². The van der Waals surface area contributed by atoms with Gasteiger partial charge in [0, 0.05) is 6.07 Å². The zero-order chi connectivity index (χ0) is 20.6. The summed E-state index contributed by atoms with van der Waals surface area (Å²) in [7, 11) is -3.64. The fraction of sp³-hybridized carbons (Fsp3) is 0.250. The Morgan fingerprint density at radius 2 is 1.55 bits per heavy atom. The minimum absolute atomic E-state index is 0.241. The average Bonchev–Trinajstić information content (AvgIpc) is 2.73. The van der Waals surface area contributed by atoms with Crippen molar-refractivity contribution in [2.24, 2.45) is 0 Å². The Kier molecular flexibility index (Phi) is 4.95. The summed E-state index contributed by atoms with van der Waals surface area (Å²) >= 11 is 0. The van der Waals surface area contributed by atoms with Crippen LogP contribution in [0.3, 0.4) is 0 Å². The summed E-state index contributed by atoms with van der Waals surface area (Å²) in [6.45, 7) is 1.28. The molecule has 1 fully saturated rings. The van der Waals surface area contributed by atoms with E-state index in [0.717, 1.165) is 23.0 Å². The van der Waals surface area contributed by atoms with Crippen molar-refractivity contribution in [2.75, 3.05) is 31.1 Å². The number of nitrogens with zero attached hydrogens (tertiary/aromatic N) is 2. The van der Waals surface area contributed by atoms with Crippen LogP contribution in [0.25, 0.3) is 10.8 Å². The van der Waals surface area contributed by atoms with Gasteiger partial charge in [-0.2, -0.15) is 17.5 Å². The highest BCUT2D eigenvalue weighted by atomic mass is 32.2. The van der Waals surface area contributed by atoms with Crippen molar-refractivity contribution in [3.8, 4) is 0 Å². The summed E-state index contributed by atoms with van der Waals surface area (Å²) < 4.78 is 65.5. The molecule has 0 atom stereocenters. The average molecular weight is 422 g/mol. The summed E-state index contributed by atoms with van der Waals surface area (Å²) in [4.78, 5) is 4.74. The molecule has 1 aromatic heterocycles. The zero-order valence-corrected chi connectivity index (χ0v) is 16.2. The Hall–Kier alpha value is -2.65. The van der Waals surface area contributed by atoms with Gasteiger partial charge in [0.2, 0.25) is 10.0 Å². The van der Waals surface area contributed by atoms with Crippen LogP contribution in [0.2, 0.25) is 0 Å². The van der Waals surface area contributed by atoms with Gasteiger partial charge in [-0.05, 0) is 29.0 Å². The third-order valence-electron chi connectivity index (χ3n) is 5.06. The molecule has 9 heteroatoms. The molecule has 0 aliphatic carbocycles. The molecule has 0 bridgehead atoms. The van der Waals surface area contributed by atoms with Crippen molar-refractivity contribution >= 4 is 26.6 Å². The first-order chi connectivity index (χ1) is 13.7. The van der Waals surface area contributed by atoms with Gasteiger partial charge in [0.05, 0.1) is 36.6 Å². The summed E-state index contributed by atoms with van der Waals surface area (Å²) in [6, 6.07) is 15.0. The highest BCUT2D eigenvalue weighted by molar-refractivity contribution is 7.89. The van der Waals surface area contributed by atoms with E-state index >= 15 is 0 Å². The predicted molar refractivity (Wildman–Crippen MR) is 103 cm³/mol. The molecule has 0 radical (unpaired) electrons. The number of rotatable bonds is 3. The topological polar surface area (TPSA) is 54.8 Å². The zero-order valence-electron chi connectivity index (χ0n) is 15.4. The standard InChI is InChI=1S/C20H18F3N3O2S/c21-20(22,23)17-6-8-19(24-14-17)25-9-11-26(12-10-25)29(27,28)18-7-5-15-3-1-2-4-16(15)13-18/h1-8,13-14H,9-12H2/p+1. The van der Waals surface area contributed by atoms with E-state index in [9.17, 15) is 21.6 Å². The molecule has 3 aromatic rings. The monoisotopic (exact) mass is 422 g/mol. The SMILES string of the molecule is O=S(=O)(c1ccc2ccccc2c1)N1CCN(c2ccc(C(F)(F)F)c[nH+]2)CC1. The fourth-order valence-corrected chi connectivity index (χ4v) is 4.89. The molecule has 2 heterocycles. The fourth-order valence-electron chi connectivity index (χ4n) is 3.44. The molecular weight excluding hydrogens is 403 g/mol. The van der Waals surface area contributed by atoms with Gasteiger partial charge in [-0.25, -0.2) is 13.4 Å². The summed E-state index contributed by atoms with van der Waals surface area (Å²) in [5.74, 6) is 0.528. The van der Waals surface area contributed by atoms with Gasteiger partial charge in [0.25, 0.3) is 5.82 Å². The van der Waals surface area contributed by atoms with Gasteiger partial charge in [0.15, 0.2) is 0 Å². The third-order valence-corrected chi connectivity index (χ3v) is 6.96. The molecule has 29 heavy (non-hydrogen) atoms. The number of aromatic nitrogens is 1. The second kappa shape index (κ2) is 7.31. The second-order valence-electron chi connectivity index (χ2n) is 6.86. The summed E-state index contributed by atoms with van der Waals surface area (Å²) in [6.07, 6.45) is -3.48. The number of sulfonamides is 1. The largest absolute Gasteiger partial charge is 0.419 e. The van der Waals surface area contributed by atoms with E-state index in [2.05, 4.69) is 4.98 Å². The lowest BCUT2D eigenvalue weighted by atomic mass is 10.1. The first kappa shape index (κ1) is 19.7. The number of piperazine rings is 1. The number of aromatic amines is 1. The number of H-pyrrole nitrogens is 1. The molecule has 4 rings (SSSR count). The van der Waals surface area contributed by atoms with Crippen molar-refractivity contribution in [1.29, 1.82) is 0 Å². The van der Waals surface area contributed by atoms with E-state index in [-0.39, 0.29) is 18.0 Å². The summed E-state index contributed by atoms with van der Waals surface area (Å²) in [5.41, 5.74) is -0.751. The van der Waals surface area contributed by atoms with Crippen molar-refractivity contribution in [3.05, 3.63) is 66.4 Å². The number of alkyl halides is 3. The maximum Gasteiger partial charge on any atom is 0.419 e. The van der Waals surface area contributed by atoms with Gasteiger partial charge < -0.3 is 0 Å². The summed E-state index contributed by atoms with van der Waals surface area (Å²) in [5, 5.41) is 1.82. The van der Waals surface area contributed by atoms with E-state index in [4.69, 9.17) is 0 Å². The number of halogens is 3. The molecule has 2 aromatic carbocycles. The van der Waals surface area contributed by atoms with Crippen molar-refractivity contribution < 1.29 is 26.6 Å². The quantitative estimate of drug-likeness (QED) is 0.652. The maximum atomic E-state index is 13.0. The van der Waals surface area contributed by atoms with Gasteiger partial charge >= 0.3 is 6.18 Å². The van der Waals surface area contributed by atoms with Crippen molar-refractivity contribution in [3.63, 3.8) is 0 Å². The van der Waals surface area contributed by atoms with E-state index < -0.39 is 21.8 Å². The lowest BCUT2D eigenvalue weighted by Gasteiger charge is -2.30. The number of pyridine rings is 1.